The van der Waals surface area contributed by atoms with E-state index in [1.165, 1.54) is 0 Å². The summed E-state index contributed by atoms with van der Waals surface area (Å²) in [4.78, 5) is 26.4. The minimum Gasteiger partial charge on any atom is -0.480 e. The van der Waals surface area contributed by atoms with Crippen LogP contribution in [0, 0.1) is 0 Å². The zero-order valence-corrected chi connectivity index (χ0v) is 15.8. The first-order valence-electron chi connectivity index (χ1n) is 9.45. The Hall–Kier alpha value is -2.08. The summed E-state index contributed by atoms with van der Waals surface area (Å²) in [6, 6.07) is 7.30. The fourth-order valence-corrected chi connectivity index (χ4v) is 3.10. The topological polar surface area (TPSA) is 78.9 Å². The first-order chi connectivity index (χ1) is 12.5. The second-order valence-corrected chi connectivity index (χ2v) is 7.05. The molecule has 0 aliphatic carbocycles. The van der Waals surface area contributed by atoms with Crippen molar-refractivity contribution in [2.75, 3.05) is 31.2 Å². The normalized spacial score (nSPS) is 16.8. The van der Waals surface area contributed by atoms with Crippen molar-refractivity contribution in [3.8, 4) is 0 Å². The van der Waals surface area contributed by atoms with E-state index in [1.54, 1.807) is 19.1 Å². The second-order valence-electron chi connectivity index (χ2n) is 7.05. The molecule has 1 saturated heterocycles. The van der Waals surface area contributed by atoms with E-state index in [0.717, 1.165) is 44.5 Å². The summed E-state index contributed by atoms with van der Waals surface area (Å²) in [5.74, 6) is -1.34. The minimum atomic E-state index is -1.24. The van der Waals surface area contributed by atoms with Gasteiger partial charge < -0.3 is 20.1 Å². The molecule has 0 radical (unpaired) electrons. The van der Waals surface area contributed by atoms with E-state index < -0.39 is 11.5 Å². The molecule has 1 aromatic carbocycles. The number of rotatable bonds is 9. The fourth-order valence-electron chi connectivity index (χ4n) is 3.10. The summed E-state index contributed by atoms with van der Waals surface area (Å²) in [6.07, 6.45) is 4.36. The lowest BCUT2D eigenvalue weighted by Gasteiger charge is -2.29. The van der Waals surface area contributed by atoms with Crippen LogP contribution >= 0.6 is 0 Å². The average molecular weight is 362 g/mol. The number of amides is 1. The van der Waals surface area contributed by atoms with E-state index >= 15 is 0 Å². The van der Waals surface area contributed by atoms with Crippen molar-refractivity contribution >= 4 is 17.6 Å². The van der Waals surface area contributed by atoms with E-state index in [1.807, 2.05) is 12.1 Å². The van der Waals surface area contributed by atoms with Gasteiger partial charge in [-0.3, -0.25) is 4.79 Å². The summed E-state index contributed by atoms with van der Waals surface area (Å²) >= 11 is 0. The number of hydrogen-bond acceptors (Lipinski definition) is 4. The van der Waals surface area contributed by atoms with E-state index in [4.69, 9.17) is 4.74 Å². The number of hydrogen-bond donors (Lipinski definition) is 2. The molecule has 1 fully saturated rings. The molecule has 1 aliphatic rings. The molecule has 6 heteroatoms. The Morgan fingerprint density at radius 3 is 2.38 bits per heavy atom. The van der Waals surface area contributed by atoms with Gasteiger partial charge in [0, 0.05) is 24.3 Å². The number of carboxylic acid groups (broad SMARTS) is 1. The molecule has 26 heavy (non-hydrogen) atoms. The molecule has 2 N–H and O–H groups in total. The third-order valence-corrected chi connectivity index (χ3v) is 4.90. The van der Waals surface area contributed by atoms with Crippen LogP contribution in [-0.4, -0.2) is 48.8 Å². The predicted octanol–water partition coefficient (Wildman–Crippen LogP) is 3.07. The molecule has 1 heterocycles. The number of nitrogens with one attached hydrogen (secondary N) is 1. The molecule has 1 aliphatic heterocycles. The van der Waals surface area contributed by atoms with Crippen LogP contribution in [0.1, 0.15) is 56.3 Å². The standard InChI is InChI=1S/C20H30N2O4/c1-3-4-5-6-11-20(2,19(24)25)21-18(23)16-7-9-17(10-8-16)22-12-14-26-15-13-22/h7-10H,3-6,11-15H2,1-2H3,(H,21,23)(H,24,25)/t20-/m0/s1. The maximum atomic E-state index is 12.5. The maximum absolute atomic E-state index is 12.5. The number of aliphatic carboxylic acids is 1. The largest absolute Gasteiger partial charge is 0.480 e. The highest BCUT2D eigenvalue weighted by atomic mass is 16.5. The number of nitrogens with zero attached hydrogens (tertiary/aromatic N) is 1. The Bertz CT molecular complexity index is 596. The number of morpholine rings is 1. The summed E-state index contributed by atoms with van der Waals surface area (Å²) < 4.78 is 5.35. The molecule has 1 atom stereocenters. The van der Waals surface area contributed by atoms with Gasteiger partial charge in [0.25, 0.3) is 5.91 Å². The lowest BCUT2D eigenvalue weighted by molar-refractivity contribution is -0.144. The zero-order valence-electron chi connectivity index (χ0n) is 15.8. The Morgan fingerprint density at radius 2 is 1.81 bits per heavy atom. The van der Waals surface area contributed by atoms with Crippen LogP contribution in [0.4, 0.5) is 5.69 Å². The van der Waals surface area contributed by atoms with Gasteiger partial charge >= 0.3 is 5.97 Å². The zero-order chi connectivity index (χ0) is 19.0. The quantitative estimate of drug-likeness (QED) is 0.660. The average Bonchev–Trinajstić information content (AvgIpc) is 2.66. The third kappa shape index (κ3) is 5.46. The van der Waals surface area contributed by atoms with E-state index in [-0.39, 0.29) is 5.91 Å². The summed E-state index contributed by atoms with van der Waals surface area (Å²) in [5, 5.41) is 12.3. The van der Waals surface area contributed by atoms with Crippen LogP contribution in [-0.2, 0) is 9.53 Å². The number of carboxylic acids is 1. The molecule has 0 unspecified atom stereocenters. The van der Waals surface area contributed by atoms with Gasteiger partial charge in [-0.1, -0.05) is 32.6 Å². The molecule has 2 rings (SSSR count). The summed E-state index contributed by atoms with van der Waals surface area (Å²) in [5.41, 5.74) is 0.279. The van der Waals surface area contributed by atoms with E-state index in [2.05, 4.69) is 17.1 Å². The van der Waals surface area contributed by atoms with Crippen molar-refractivity contribution in [1.29, 1.82) is 0 Å². The van der Waals surface area contributed by atoms with E-state index in [0.29, 0.717) is 25.2 Å². The molecule has 0 bridgehead atoms. The molecule has 0 saturated carbocycles. The molecule has 6 nitrogen and oxygen atoms in total. The number of unbranched alkanes of at least 4 members (excludes halogenated alkanes) is 3. The van der Waals surface area contributed by atoms with Crippen LogP contribution in [0.5, 0.6) is 0 Å². The number of ether oxygens (including phenoxy) is 1. The first-order valence-corrected chi connectivity index (χ1v) is 9.45. The Labute approximate surface area is 155 Å². The van der Waals surface area contributed by atoms with Crippen LogP contribution < -0.4 is 10.2 Å². The van der Waals surface area contributed by atoms with Gasteiger partial charge in [0.1, 0.15) is 5.54 Å². The Balaban J connectivity index is 1.98. The maximum Gasteiger partial charge on any atom is 0.329 e. The Kier molecular flexibility index (Phi) is 7.45. The SMILES string of the molecule is CCCCCC[C@](C)(NC(=O)c1ccc(N2CCOCC2)cc1)C(=O)O. The number of anilines is 1. The molecule has 1 aromatic rings. The second kappa shape index (κ2) is 9.57. The number of carbonyl (C=O) groups excluding carboxylic acids is 1. The Morgan fingerprint density at radius 1 is 1.15 bits per heavy atom. The van der Waals surface area contributed by atoms with E-state index in [9.17, 15) is 14.7 Å². The van der Waals surface area contributed by atoms with Gasteiger partial charge in [-0.15, -0.1) is 0 Å². The molecular weight excluding hydrogens is 332 g/mol. The predicted molar refractivity (Wildman–Crippen MR) is 102 cm³/mol. The third-order valence-electron chi connectivity index (χ3n) is 4.90. The highest BCUT2D eigenvalue weighted by Crippen LogP contribution is 2.19. The minimum absolute atomic E-state index is 0.348. The number of carbonyl (C=O) groups is 2. The molecule has 0 spiro atoms. The van der Waals surface area contributed by atoms with Crippen molar-refractivity contribution in [2.45, 2.75) is 51.5 Å². The lowest BCUT2D eigenvalue weighted by Crippen LogP contribution is -2.52. The van der Waals surface area contributed by atoms with Crippen molar-refractivity contribution in [3.05, 3.63) is 29.8 Å². The van der Waals surface area contributed by atoms with Crippen LogP contribution in [0.25, 0.3) is 0 Å². The van der Waals surface area contributed by atoms with Gasteiger partial charge in [-0.25, -0.2) is 4.79 Å². The van der Waals surface area contributed by atoms with Gasteiger partial charge in [0.2, 0.25) is 0 Å². The summed E-state index contributed by atoms with van der Waals surface area (Å²) in [6.45, 7) is 6.77. The molecule has 0 aromatic heterocycles. The molecular formula is C20H30N2O4. The van der Waals surface area contributed by atoms with Crippen LogP contribution in [0.2, 0.25) is 0 Å². The van der Waals surface area contributed by atoms with Crippen LogP contribution in [0.3, 0.4) is 0 Å². The summed E-state index contributed by atoms with van der Waals surface area (Å²) in [7, 11) is 0. The highest BCUT2D eigenvalue weighted by Gasteiger charge is 2.34. The smallest absolute Gasteiger partial charge is 0.329 e. The van der Waals surface area contributed by atoms with Gasteiger partial charge in [-0.05, 0) is 37.6 Å². The molecule has 144 valence electrons. The lowest BCUT2D eigenvalue weighted by atomic mass is 9.93. The molecule has 1 amide bonds. The van der Waals surface area contributed by atoms with Gasteiger partial charge in [0.15, 0.2) is 0 Å². The van der Waals surface area contributed by atoms with Gasteiger partial charge in [-0.2, -0.15) is 0 Å². The number of benzene rings is 1. The van der Waals surface area contributed by atoms with Crippen molar-refractivity contribution < 1.29 is 19.4 Å². The van der Waals surface area contributed by atoms with Crippen molar-refractivity contribution in [2.24, 2.45) is 0 Å². The highest BCUT2D eigenvalue weighted by molar-refractivity contribution is 5.98. The van der Waals surface area contributed by atoms with Crippen molar-refractivity contribution in [1.82, 2.24) is 5.32 Å². The first kappa shape index (κ1) is 20.2. The monoisotopic (exact) mass is 362 g/mol. The van der Waals surface area contributed by atoms with Crippen molar-refractivity contribution in [3.63, 3.8) is 0 Å². The fraction of sp³-hybridized carbons (Fsp3) is 0.600. The van der Waals surface area contributed by atoms with Crippen LogP contribution in [0.15, 0.2) is 24.3 Å². The van der Waals surface area contributed by atoms with Gasteiger partial charge in [0.05, 0.1) is 13.2 Å².